The Morgan fingerprint density at radius 1 is 1.16 bits per heavy atom. The predicted octanol–water partition coefficient (Wildman–Crippen LogP) is 5.49. The van der Waals surface area contributed by atoms with Gasteiger partial charge >= 0.3 is 0 Å². The molecule has 0 fully saturated rings. The van der Waals surface area contributed by atoms with Gasteiger partial charge in [0.15, 0.2) is 0 Å². The summed E-state index contributed by atoms with van der Waals surface area (Å²) in [5.41, 5.74) is 2.96. The summed E-state index contributed by atoms with van der Waals surface area (Å²) < 4.78 is 6.52. The lowest BCUT2D eigenvalue weighted by Crippen LogP contribution is -1.79. The molecule has 19 heavy (non-hydrogen) atoms. The number of hydrogen-bond acceptors (Lipinski definition) is 4. The zero-order chi connectivity index (χ0) is 14.0. The summed E-state index contributed by atoms with van der Waals surface area (Å²) in [7, 11) is 0. The highest BCUT2D eigenvalue weighted by atomic mass is 32.2. The molecular formula is C15H17NOS2. The van der Waals surface area contributed by atoms with Gasteiger partial charge in [0.05, 0.1) is 14.9 Å². The van der Waals surface area contributed by atoms with Crippen molar-refractivity contribution in [2.24, 2.45) is 0 Å². The lowest BCUT2D eigenvalue weighted by Gasteiger charge is -1.97. The third-order valence-corrected chi connectivity index (χ3v) is 3.89. The molecule has 0 saturated carbocycles. The molecule has 0 N–H and O–H groups in total. The second-order valence-electron chi connectivity index (χ2n) is 4.00. The number of hydrogen-bond donors (Lipinski definition) is 1. The van der Waals surface area contributed by atoms with Gasteiger partial charge in [-0.1, -0.05) is 13.8 Å². The standard InChI is InChI=1S/C13H11NOS2.C2H6/c1-7-5-10-6-9(3-4-11(10)15-7)12-13(16)17-8(2)14-12;1-2/h3-6,16H,1-2H3;1-2H3. The van der Waals surface area contributed by atoms with Crippen LogP contribution in [-0.4, -0.2) is 4.98 Å². The Bertz CT molecular complexity index is 697. The molecule has 0 saturated heterocycles. The Kier molecular flexibility index (Phi) is 4.32. The second kappa shape index (κ2) is 5.80. The maximum atomic E-state index is 5.56. The highest BCUT2D eigenvalue weighted by Crippen LogP contribution is 2.33. The number of aryl methyl sites for hydroxylation is 2. The smallest absolute Gasteiger partial charge is 0.134 e. The van der Waals surface area contributed by atoms with E-state index in [2.05, 4.69) is 23.7 Å². The highest BCUT2D eigenvalue weighted by molar-refractivity contribution is 7.83. The molecule has 0 aliphatic heterocycles. The molecular weight excluding hydrogens is 274 g/mol. The molecule has 0 spiro atoms. The van der Waals surface area contributed by atoms with Crippen LogP contribution < -0.4 is 0 Å². The number of rotatable bonds is 1. The highest BCUT2D eigenvalue weighted by Gasteiger charge is 2.10. The van der Waals surface area contributed by atoms with Crippen LogP contribution in [0.3, 0.4) is 0 Å². The first-order chi connectivity index (χ1) is 9.13. The van der Waals surface area contributed by atoms with E-state index in [1.807, 2.05) is 45.9 Å². The largest absolute Gasteiger partial charge is 0.461 e. The molecule has 2 heterocycles. The van der Waals surface area contributed by atoms with Gasteiger partial charge in [-0.25, -0.2) is 4.98 Å². The average Bonchev–Trinajstić information content (AvgIpc) is 2.92. The molecule has 0 unspecified atom stereocenters. The number of fused-ring (bicyclic) bond motifs is 1. The Morgan fingerprint density at radius 2 is 1.89 bits per heavy atom. The average molecular weight is 291 g/mol. The molecule has 0 aliphatic rings. The minimum absolute atomic E-state index is 0.916. The molecule has 1 aromatic carbocycles. The Labute approximate surface area is 122 Å². The normalized spacial score (nSPS) is 10.4. The zero-order valence-electron chi connectivity index (χ0n) is 11.5. The topological polar surface area (TPSA) is 26.0 Å². The van der Waals surface area contributed by atoms with Crippen LogP contribution in [0.15, 0.2) is 32.9 Å². The maximum absolute atomic E-state index is 5.56. The van der Waals surface area contributed by atoms with Crippen molar-refractivity contribution in [3.63, 3.8) is 0 Å². The lowest BCUT2D eigenvalue weighted by atomic mass is 10.1. The Hall–Kier alpha value is -1.26. The molecule has 2 nitrogen and oxygen atoms in total. The van der Waals surface area contributed by atoms with Gasteiger partial charge in [0.25, 0.3) is 0 Å². The summed E-state index contributed by atoms with van der Waals surface area (Å²) in [6.07, 6.45) is 0. The van der Waals surface area contributed by atoms with Crippen molar-refractivity contribution < 1.29 is 4.42 Å². The van der Waals surface area contributed by atoms with E-state index in [4.69, 9.17) is 4.42 Å². The third kappa shape index (κ3) is 2.85. The molecule has 0 atom stereocenters. The number of furan rings is 1. The number of thiol groups is 1. The number of thiazole rings is 1. The first kappa shape index (κ1) is 14.2. The maximum Gasteiger partial charge on any atom is 0.134 e. The zero-order valence-corrected chi connectivity index (χ0v) is 13.2. The lowest BCUT2D eigenvalue weighted by molar-refractivity contribution is 0.578. The quantitative estimate of drug-likeness (QED) is 0.600. The third-order valence-electron chi connectivity index (χ3n) is 2.63. The predicted molar refractivity (Wildman–Crippen MR) is 85.4 cm³/mol. The summed E-state index contributed by atoms with van der Waals surface area (Å²) in [5, 5.41) is 2.15. The van der Waals surface area contributed by atoms with Crippen molar-refractivity contribution in [1.82, 2.24) is 4.98 Å². The van der Waals surface area contributed by atoms with Crippen LogP contribution in [0.5, 0.6) is 0 Å². The molecule has 3 rings (SSSR count). The minimum Gasteiger partial charge on any atom is -0.461 e. The second-order valence-corrected chi connectivity index (χ2v) is 5.95. The van der Waals surface area contributed by atoms with Crippen molar-refractivity contribution in [3.05, 3.63) is 35.0 Å². The Balaban J connectivity index is 0.000000637. The van der Waals surface area contributed by atoms with E-state index in [1.165, 1.54) is 0 Å². The fourth-order valence-corrected chi connectivity index (χ4v) is 3.18. The van der Waals surface area contributed by atoms with E-state index in [0.29, 0.717) is 0 Å². The minimum atomic E-state index is 0.916. The van der Waals surface area contributed by atoms with Crippen molar-refractivity contribution in [2.45, 2.75) is 31.9 Å². The molecule has 2 aromatic heterocycles. The van der Waals surface area contributed by atoms with Gasteiger partial charge in [0.1, 0.15) is 11.3 Å². The molecule has 0 amide bonds. The molecule has 0 aliphatic carbocycles. The van der Waals surface area contributed by atoms with E-state index in [0.717, 1.165) is 37.2 Å². The van der Waals surface area contributed by atoms with E-state index >= 15 is 0 Å². The SMILES string of the molecule is CC.Cc1cc2cc(-c3nc(C)sc3S)ccc2o1. The molecule has 100 valence electrons. The van der Waals surface area contributed by atoms with Gasteiger partial charge in [-0.15, -0.1) is 24.0 Å². The van der Waals surface area contributed by atoms with Gasteiger partial charge in [-0.05, 0) is 38.1 Å². The van der Waals surface area contributed by atoms with E-state index in [9.17, 15) is 0 Å². The Morgan fingerprint density at radius 3 is 2.53 bits per heavy atom. The van der Waals surface area contributed by atoms with Gasteiger partial charge in [0.2, 0.25) is 0 Å². The van der Waals surface area contributed by atoms with E-state index in [1.54, 1.807) is 11.3 Å². The fourth-order valence-electron chi connectivity index (χ4n) is 1.93. The van der Waals surface area contributed by atoms with Crippen LogP contribution in [0.25, 0.3) is 22.2 Å². The van der Waals surface area contributed by atoms with Gasteiger partial charge in [-0.2, -0.15) is 0 Å². The summed E-state index contributed by atoms with van der Waals surface area (Å²) in [4.78, 5) is 4.51. The van der Waals surface area contributed by atoms with E-state index < -0.39 is 0 Å². The summed E-state index contributed by atoms with van der Waals surface area (Å²) in [5.74, 6) is 0.928. The van der Waals surface area contributed by atoms with Crippen molar-refractivity contribution >= 4 is 34.9 Å². The van der Waals surface area contributed by atoms with Crippen LogP contribution in [0.2, 0.25) is 0 Å². The molecule has 3 aromatic rings. The fraction of sp³-hybridized carbons (Fsp3) is 0.267. The molecule has 0 bridgehead atoms. The number of benzene rings is 1. The number of aromatic nitrogens is 1. The van der Waals surface area contributed by atoms with Gasteiger partial charge in [-0.3, -0.25) is 0 Å². The van der Waals surface area contributed by atoms with Crippen LogP contribution in [-0.2, 0) is 0 Å². The monoisotopic (exact) mass is 291 g/mol. The van der Waals surface area contributed by atoms with Crippen LogP contribution >= 0.6 is 24.0 Å². The summed E-state index contributed by atoms with van der Waals surface area (Å²) in [6.45, 7) is 7.95. The summed E-state index contributed by atoms with van der Waals surface area (Å²) >= 11 is 6.07. The van der Waals surface area contributed by atoms with Crippen molar-refractivity contribution in [3.8, 4) is 11.3 Å². The first-order valence-corrected chi connectivity index (χ1v) is 7.57. The molecule has 0 radical (unpaired) electrons. The van der Waals surface area contributed by atoms with Crippen LogP contribution in [0.1, 0.15) is 24.6 Å². The van der Waals surface area contributed by atoms with Crippen molar-refractivity contribution in [2.75, 3.05) is 0 Å². The van der Waals surface area contributed by atoms with Crippen LogP contribution in [0, 0.1) is 13.8 Å². The van der Waals surface area contributed by atoms with Crippen molar-refractivity contribution in [1.29, 1.82) is 0 Å². The van der Waals surface area contributed by atoms with Crippen LogP contribution in [0.4, 0.5) is 0 Å². The first-order valence-electron chi connectivity index (χ1n) is 6.30. The summed E-state index contributed by atoms with van der Waals surface area (Å²) in [6, 6.07) is 8.15. The van der Waals surface area contributed by atoms with E-state index in [-0.39, 0.29) is 0 Å². The van der Waals surface area contributed by atoms with Gasteiger partial charge < -0.3 is 4.42 Å². The van der Waals surface area contributed by atoms with Gasteiger partial charge in [0, 0.05) is 10.9 Å². The number of nitrogens with zero attached hydrogens (tertiary/aromatic N) is 1. The molecule has 4 heteroatoms.